The molecule has 11 aromatic rings. The third-order valence-corrected chi connectivity index (χ3v) is 12.1. The molecule has 6 aromatic carbocycles. The van der Waals surface area contributed by atoms with E-state index < -0.39 is 0 Å². The molecule has 0 saturated heterocycles. The van der Waals surface area contributed by atoms with Crippen LogP contribution in [-0.2, 0) is 32.7 Å². The molecule has 0 radical (unpaired) electrons. The molecule has 0 N–H and O–H groups in total. The first kappa shape index (κ1) is 35.2. The molecule has 0 atom stereocenters. The number of nitrogens with zero attached hydrogens (tertiary/aromatic N) is 9. The predicted molar refractivity (Wildman–Crippen MR) is 239 cm³/mol. The van der Waals surface area contributed by atoms with E-state index in [1.54, 1.807) is 0 Å². The van der Waals surface area contributed by atoms with E-state index in [0.29, 0.717) is 26.2 Å². The van der Waals surface area contributed by atoms with Gasteiger partial charge in [0.05, 0.1) is 38.6 Å². The van der Waals surface area contributed by atoms with Gasteiger partial charge in [-0.25, -0.2) is 9.36 Å². The normalized spacial score (nSPS) is 12.1. The number of hydrogen-bond donors (Lipinski definition) is 0. The second kappa shape index (κ2) is 14.7. The lowest BCUT2D eigenvalue weighted by atomic mass is 10.1. The van der Waals surface area contributed by atoms with Gasteiger partial charge >= 0.3 is 0 Å². The van der Waals surface area contributed by atoms with Crippen molar-refractivity contribution in [3.63, 3.8) is 0 Å². The van der Waals surface area contributed by atoms with Crippen LogP contribution in [0.5, 0.6) is 0 Å². The Bertz CT molecular complexity index is 2980. The lowest BCUT2D eigenvalue weighted by Gasteiger charge is -2.08. The van der Waals surface area contributed by atoms with Crippen molar-refractivity contribution in [1.82, 2.24) is 43.7 Å². The van der Waals surface area contributed by atoms with Gasteiger partial charge in [-0.1, -0.05) is 122 Å². The van der Waals surface area contributed by atoms with E-state index in [4.69, 9.17) is 0 Å². The van der Waals surface area contributed by atoms with Gasteiger partial charge in [0.25, 0.3) is 0 Å². The topological polar surface area (TPSA) is 76.2 Å². The number of fused-ring (bicyclic) bond motifs is 9. The summed E-state index contributed by atoms with van der Waals surface area (Å²) in [6.45, 7) is 5.89. The highest BCUT2D eigenvalue weighted by molar-refractivity contribution is 6.10. The standard InChI is InChI=1S/C50H45N9/c1-2-3-4-13-26-57-49-24-22-35(29-55-31-37(51-53-55)33-58-45-18-9-5-14-39(45)40-15-6-10-19-46(40)58)27-43(49)44-28-36(23-25-50(44)57)30-56-32-38(52-54-56)34-59-47-20-11-7-16-41(47)42-17-8-12-21-48(42)59/h5-12,14-25,27-28,31-32H,2-4,13,26,29-30,33-34H2,1H3. The number of aromatic nitrogens is 9. The highest BCUT2D eigenvalue weighted by atomic mass is 15.4. The summed E-state index contributed by atoms with van der Waals surface area (Å²) in [7, 11) is 0. The van der Waals surface area contributed by atoms with Crippen LogP contribution in [0.4, 0.5) is 0 Å². The van der Waals surface area contributed by atoms with Gasteiger partial charge in [0, 0.05) is 72.0 Å². The number of hydrogen-bond acceptors (Lipinski definition) is 4. The highest BCUT2D eigenvalue weighted by Crippen LogP contribution is 2.33. The van der Waals surface area contributed by atoms with Crippen molar-refractivity contribution in [3.8, 4) is 0 Å². The van der Waals surface area contributed by atoms with Crippen molar-refractivity contribution in [2.45, 2.75) is 65.3 Å². The first-order chi connectivity index (χ1) is 29.2. The maximum Gasteiger partial charge on any atom is 0.102 e. The molecule has 0 spiro atoms. The number of unbranched alkanes of at least 4 members (excludes halogenated alkanes) is 3. The largest absolute Gasteiger partial charge is 0.340 e. The Morgan fingerprint density at radius 1 is 0.390 bits per heavy atom. The monoisotopic (exact) mass is 771 g/mol. The Morgan fingerprint density at radius 3 is 1.22 bits per heavy atom. The van der Waals surface area contributed by atoms with E-state index in [9.17, 15) is 0 Å². The molecule has 0 aliphatic heterocycles. The minimum Gasteiger partial charge on any atom is -0.340 e. The zero-order valence-corrected chi connectivity index (χ0v) is 33.2. The fourth-order valence-electron chi connectivity index (χ4n) is 9.35. The van der Waals surface area contributed by atoms with Crippen LogP contribution in [0.2, 0.25) is 0 Å². The average molecular weight is 772 g/mol. The zero-order chi connectivity index (χ0) is 39.3. The molecule has 5 aromatic heterocycles. The van der Waals surface area contributed by atoms with Crippen molar-refractivity contribution in [3.05, 3.63) is 168 Å². The van der Waals surface area contributed by atoms with Crippen molar-refractivity contribution >= 4 is 65.4 Å². The molecule has 0 saturated carbocycles. The summed E-state index contributed by atoms with van der Waals surface area (Å²) in [4.78, 5) is 0. The quantitative estimate of drug-likeness (QED) is 0.109. The van der Waals surface area contributed by atoms with Gasteiger partial charge in [0.1, 0.15) is 11.4 Å². The molecule has 59 heavy (non-hydrogen) atoms. The molecule has 0 aliphatic carbocycles. The molecule has 11 rings (SSSR count). The molecule has 290 valence electrons. The van der Waals surface area contributed by atoms with E-state index in [2.05, 4.69) is 187 Å². The van der Waals surface area contributed by atoms with Gasteiger partial charge in [-0.2, -0.15) is 0 Å². The molecule has 0 unspecified atom stereocenters. The molecular formula is C50H45N9. The SMILES string of the molecule is CCCCCCn1c2ccc(Cn3cc(Cn4c5ccccc5c5ccccc54)nn3)cc2c2cc(Cn3cc(Cn4c5ccccc5c5ccccc54)nn3)ccc21. The van der Waals surface area contributed by atoms with Crippen molar-refractivity contribution < 1.29 is 0 Å². The van der Waals surface area contributed by atoms with Crippen molar-refractivity contribution in [2.75, 3.05) is 0 Å². The van der Waals surface area contributed by atoms with Crippen LogP contribution in [0, 0.1) is 0 Å². The molecule has 0 fully saturated rings. The summed E-state index contributed by atoms with van der Waals surface area (Å²) in [5.74, 6) is 0. The van der Waals surface area contributed by atoms with Crippen LogP contribution in [0.3, 0.4) is 0 Å². The van der Waals surface area contributed by atoms with Gasteiger partial charge in [0.2, 0.25) is 0 Å². The highest BCUT2D eigenvalue weighted by Gasteiger charge is 2.16. The Hall–Kier alpha value is -7.00. The smallest absolute Gasteiger partial charge is 0.102 e. The minimum atomic E-state index is 0.646. The third kappa shape index (κ3) is 6.34. The van der Waals surface area contributed by atoms with Gasteiger partial charge in [-0.05, 0) is 66.1 Å². The maximum atomic E-state index is 4.64. The van der Waals surface area contributed by atoms with E-state index in [0.717, 1.165) is 24.4 Å². The van der Waals surface area contributed by atoms with Gasteiger partial charge in [0.15, 0.2) is 0 Å². The first-order valence-corrected chi connectivity index (χ1v) is 20.9. The van der Waals surface area contributed by atoms with E-state index in [1.807, 2.05) is 9.36 Å². The zero-order valence-electron chi connectivity index (χ0n) is 33.2. The summed E-state index contributed by atoms with van der Waals surface area (Å²) in [6.07, 6.45) is 9.08. The Balaban J connectivity index is 0.880. The molecule has 9 heteroatoms. The summed E-state index contributed by atoms with van der Waals surface area (Å²) in [6, 6.07) is 48.3. The Labute approximate surface area is 341 Å². The summed E-state index contributed by atoms with van der Waals surface area (Å²) >= 11 is 0. The van der Waals surface area contributed by atoms with Gasteiger partial charge in [-0.3, -0.25) is 0 Å². The number of rotatable bonds is 13. The van der Waals surface area contributed by atoms with Gasteiger partial charge in [-0.15, -0.1) is 10.2 Å². The van der Waals surface area contributed by atoms with E-state index in [1.165, 1.54) is 95.8 Å². The summed E-state index contributed by atoms with van der Waals surface area (Å²) in [5.41, 5.74) is 11.7. The fraction of sp³-hybridized carbons (Fsp3) is 0.200. The second-order valence-corrected chi connectivity index (χ2v) is 16.0. The van der Waals surface area contributed by atoms with Crippen LogP contribution < -0.4 is 0 Å². The molecule has 0 amide bonds. The maximum absolute atomic E-state index is 4.64. The van der Waals surface area contributed by atoms with E-state index in [-0.39, 0.29) is 0 Å². The molecule has 5 heterocycles. The molecule has 0 aliphatic rings. The Morgan fingerprint density at radius 2 is 0.797 bits per heavy atom. The number of para-hydroxylation sites is 4. The minimum absolute atomic E-state index is 0.646. The van der Waals surface area contributed by atoms with Crippen molar-refractivity contribution in [2.24, 2.45) is 0 Å². The lowest BCUT2D eigenvalue weighted by Crippen LogP contribution is -2.01. The van der Waals surface area contributed by atoms with Crippen LogP contribution in [-0.4, -0.2) is 43.7 Å². The van der Waals surface area contributed by atoms with Crippen LogP contribution in [0.15, 0.2) is 146 Å². The molecular weight excluding hydrogens is 727 g/mol. The average Bonchev–Trinajstić information content (AvgIpc) is 4.10. The van der Waals surface area contributed by atoms with Crippen LogP contribution in [0.1, 0.15) is 55.1 Å². The summed E-state index contributed by atoms with van der Waals surface area (Å²) in [5, 5.41) is 26.1. The molecule has 0 bridgehead atoms. The molecule has 9 nitrogen and oxygen atoms in total. The van der Waals surface area contributed by atoms with E-state index >= 15 is 0 Å². The Kier molecular flexibility index (Phi) is 8.79. The first-order valence-electron chi connectivity index (χ1n) is 20.9. The summed E-state index contributed by atoms with van der Waals surface area (Å²) < 4.78 is 11.2. The predicted octanol–water partition coefficient (Wildman–Crippen LogP) is 11.0. The van der Waals surface area contributed by atoms with Crippen molar-refractivity contribution in [1.29, 1.82) is 0 Å². The number of benzene rings is 6. The van der Waals surface area contributed by atoms with Crippen LogP contribution in [0.25, 0.3) is 65.4 Å². The van der Waals surface area contributed by atoms with Crippen LogP contribution >= 0.6 is 0 Å². The lowest BCUT2D eigenvalue weighted by molar-refractivity contribution is 0.602. The third-order valence-electron chi connectivity index (χ3n) is 12.1. The fourth-order valence-corrected chi connectivity index (χ4v) is 9.35. The second-order valence-electron chi connectivity index (χ2n) is 16.0. The number of aryl methyl sites for hydroxylation is 1. The van der Waals surface area contributed by atoms with Gasteiger partial charge < -0.3 is 13.7 Å².